The molecule has 33 heavy (non-hydrogen) atoms. The quantitative estimate of drug-likeness (QED) is 0.385. The molecule has 1 heterocycles. The van der Waals surface area contributed by atoms with Gasteiger partial charge in [0.15, 0.2) is 6.10 Å². The minimum Gasteiger partial charge on any atom is -0.494 e. The molecular formula is C26H29NO5S. The monoisotopic (exact) mass is 467 g/mol. The van der Waals surface area contributed by atoms with Crippen molar-refractivity contribution in [1.82, 2.24) is 0 Å². The number of aryl methyl sites for hydroxylation is 1. The summed E-state index contributed by atoms with van der Waals surface area (Å²) in [5.74, 6) is 0.514. The predicted molar refractivity (Wildman–Crippen MR) is 131 cm³/mol. The molecule has 7 heteroatoms. The van der Waals surface area contributed by atoms with E-state index in [2.05, 4.69) is 5.32 Å². The first-order valence-electron chi connectivity index (χ1n) is 10.9. The van der Waals surface area contributed by atoms with Crippen molar-refractivity contribution >= 4 is 28.2 Å². The number of hydrogen-bond donors (Lipinski definition) is 1. The van der Waals surface area contributed by atoms with E-state index < -0.39 is 12.1 Å². The molecule has 0 saturated heterocycles. The molecule has 0 aliphatic rings. The molecule has 1 atom stereocenters. The second-order valence-corrected chi connectivity index (χ2v) is 8.94. The molecule has 0 bridgehead atoms. The van der Waals surface area contributed by atoms with Crippen molar-refractivity contribution in [2.75, 3.05) is 11.9 Å². The van der Waals surface area contributed by atoms with Gasteiger partial charge < -0.3 is 19.5 Å². The van der Waals surface area contributed by atoms with Crippen LogP contribution in [0.25, 0.3) is 11.1 Å². The highest BCUT2D eigenvalue weighted by atomic mass is 32.1. The topological polar surface area (TPSA) is 73.9 Å². The number of anilines is 1. The maximum atomic E-state index is 13.1. The summed E-state index contributed by atoms with van der Waals surface area (Å²) in [4.78, 5) is 26.9. The average molecular weight is 468 g/mol. The summed E-state index contributed by atoms with van der Waals surface area (Å²) >= 11 is 1.34. The van der Waals surface area contributed by atoms with Gasteiger partial charge in [0.25, 0.3) is 5.91 Å². The number of para-hydroxylation sites is 1. The van der Waals surface area contributed by atoms with E-state index in [1.54, 1.807) is 32.9 Å². The van der Waals surface area contributed by atoms with Gasteiger partial charge in [-0.05, 0) is 64.4 Å². The van der Waals surface area contributed by atoms with Gasteiger partial charge in [-0.3, -0.25) is 4.79 Å². The van der Waals surface area contributed by atoms with Gasteiger partial charge in [0.2, 0.25) is 0 Å². The van der Waals surface area contributed by atoms with Gasteiger partial charge >= 0.3 is 5.97 Å². The van der Waals surface area contributed by atoms with E-state index in [0.717, 1.165) is 21.8 Å². The minimum absolute atomic E-state index is 0.297. The van der Waals surface area contributed by atoms with Crippen LogP contribution in [-0.2, 0) is 9.53 Å². The maximum absolute atomic E-state index is 13.1. The molecule has 0 saturated carbocycles. The maximum Gasteiger partial charge on any atom is 0.342 e. The second kappa shape index (κ2) is 11.0. The summed E-state index contributed by atoms with van der Waals surface area (Å²) in [5.41, 5.74) is 1.92. The summed E-state index contributed by atoms with van der Waals surface area (Å²) < 4.78 is 16.8. The van der Waals surface area contributed by atoms with E-state index in [1.165, 1.54) is 11.3 Å². The summed E-state index contributed by atoms with van der Waals surface area (Å²) in [6.45, 7) is 9.67. The summed E-state index contributed by atoms with van der Waals surface area (Å²) in [6.07, 6.45) is -1.05. The lowest BCUT2D eigenvalue weighted by Gasteiger charge is -2.15. The van der Waals surface area contributed by atoms with Gasteiger partial charge in [-0.15, -0.1) is 11.3 Å². The first-order valence-corrected chi connectivity index (χ1v) is 11.7. The molecule has 174 valence electrons. The molecule has 0 spiro atoms. The highest BCUT2D eigenvalue weighted by molar-refractivity contribution is 7.17. The Morgan fingerprint density at radius 2 is 1.64 bits per heavy atom. The van der Waals surface area contributed by atoms with Gasteiger partial charge in [-0.1, -0.05) is 30.3 Å². The van der Waals surface area contributed by atoms with Crippen molar-refractivity contribution in [3.8, 4) is 22.6 Å². The van der Waals surface area contributed by atoms with Crippen molar-refractivity contribution < 1.29 is 23.8 Å². The Kier molecular flexibility index (Phi) is 8.11. The Balaban J connectivity index is 1.93. The number of esters is 1. The molecule has 0 aliphatic heterocycles. The molecule has 0 fully saturated rings. The standard InChI is InChI=1S/C26H29NO5S/c1-6-30-20-14-12-19(13-15-20)22-18(5)33-25(23(22)26(29)31-16(2)3)27-24(28)17(4)32-21-10-8-7-9-11-21/h7-17H,6H2,1-5H3,(H,27,28)/t17-/m0/s1. The summed E-state index contributed by atoms with van der Waals surface area (Å²) in [7, 11) is 0. The zero-order chi connectivity index (χ0) is 24.0. The number of benzene rings is 2. The molecule has 0 unspecified atom stereocenters. The Morgan fingerprint density at radius 1 is 0.970 bits per heavy atom. The van der Waals surface area contributed by atoms with Crippen LogP contribution < -0.4 is 14.8 Å². The van der Waals surface area contributed by atoms with E-state index in [9.17, 15) is 9.59 Å². The van der Waals surface area contributed by atoms with Crippen molar-refractivity contribution in [3.05, 3.63) is 65.0 Å². The van der Waals surface area contributed by atoms with Gasteiger partial charge in [0.05, 0.1) is 12.7 Å². The Hall–Kier alpha value is -3.32. The molecule has 0 aliphatic carbocycles. The van der Waals surface area contributed by atoms with Gasteiger partial charge in [0, 0.05) is 10.4 Å². The van der Waals surface area contributed by atoms with Crippen molar-refractivity contribution in [3.63, 3.8) is 0 Å². The number of ether oxygens (including phenoxy) is 3. The predicted octanol–water partition coefficient (Wildman–Crippen LogP) is 6.09. The zero-order valence-corrected chi connectivity index (χ0v) is 20.3. The number of hydrogen-bond acceptors (Lipinski definition) is 6. The lowest BCUT2D eigenvalue weighted by atomic mass is 10.0. The van der Waals surface area contributed by atoms with Gasteiger partial charge in [0.1, 0.15) is 22.1 Å². The molecule has 6 nitrogen and oxygen atoms in total. The molecule has 3 rings (SSSR count). The highest BCUT2D eigenvalue weighted by Crippen LogP contribution is 2.41. The van der Waals surface area contributed by atoms with Crippen molar-refractivity contribution in [1.29, 1.82) is 0 Å². The third-order valence-electron chi connectivity index (χ3n) is 4.75. The van der Waals surface area contributed by atoms with Crippen LogP contribution in [0.3, 0.4) is 0 Å². The van der Waals surface area contributed by atoms with Crippen LogP contribution in [0.2, 0.25) is 0 Å². The highest BCUT2D eigenvalue weighted by Gasteiger charge is 2.27. The largest absolute Gasteiger partial charge is 0.494 e. The second-order valence-electron chi connectivity index (χ2n) is 7.71. The summed E-state index contributed by atoms with van der Waals surface area (Å²) in [5, 5.41) is 3.32. The molecule has 1 amide bonds. The van der Waals surface area contributed by atoms with E-state index in [0.29, 0.717) is 22.9 Å². The lowest BCUT2D eigenvalue weighted by Crippen LogP contribution is -2.30. The Bertz CT molecular complexity index is 1090. The van der Waals surface area contributed by atoms with Crippen LogP contribution in [0, 0.1) is 6.92 Å². The fourth-order valence-corrected chi connectivity index (χ4v) is 4.37. The van der Waals surface area contributed by atoms with Crippen LogP contribution in [0.5, 0.6) is 11.5 Å². The molecule has 1 N–H and O–H groups in total. The molecular weight excluding hydrogens is 438 g/mol. The van der Waals surface area contributed by atoms with E-state index in [-0.39, 0.29) is 12.0 Å². The number of carbonyl (C=O) groups excluding carboxylic acids is 2. The number of nitrogens with one attached hydrogen (secondary N) is 1. The minimum atomic E-state index is -0.752. The molecule has 3 aromatic rings. The normalized spacial score (nSPS) is 11.7. The van der Waals surface area contributed by atoms with Gasteiger partial charge in [-0.2, -0.15) is 0 Å². The third kappa shape index (κ3) is 6.14. The van der Waals surface area contributed by atoms with Crippen molar-refractivity contribution in [2.45, 2.75) is 46.8 Å². The molecule has 0 radical (unpaired) electrons. The molecule has 1 aromatic heterocycles. The fourth-order valence-electron chi connectivity index (χ4n) is 3.30. The Labute approximate surface area is 198 Å². The van der Waals surface area contributed by atoms with Crippen LogP contribution >= 0.6 is 11.3 Å². The van der Waals surface area contributed by atoms with Crippen LogP contribution in [0.4, 0.5) is 5.00 Å². The third-order valence-corrected chi connectivity index (χ3v) is 5.77. The SMILES string of the molecule is CCOc1ccc(-c2c(C)sc(NC(=O)[C@H](C)Oc3ccccc3)c2C(=O)OC(C)C)cc1. The fraction of sp³-hybridized carbons (Fsp3) is 0.308. The first-order chi connectivity index (χ1) is 15.8. The smallest absolute Gasteiger partial charge is 0.342 e. The average Bonchev–Trinajstić information content (AvgIpc) is 3.10. The zero-order valence-electron chi connectivity index (χ0n) is 19.5. The summed E-state index contributed by atoms with van der Waals surface area (Å²) in [6, 6.07) is 16.7. The van der Waals surface area contributed by atoms with Crippen molar-refractivity contribution in [2.24, 2.45) is 0 Å². The van der Waals surface area contributed by atoms with E-state index in [1.807, 2.05) is 56.3 Å². The lowest BCUT2D eigenvalue weighted by molar-refractivity contribution is -0.122. The van der Waals surface area contributed by atoms with E-state index in [4.69, 9.17) is 14.2 Å². The van der Waals surface area contributed by atoms with E-state index >= 15 is 0 Å². The Morgan fingerprint density at radius 3 is 2.24 bits per heavy atom. The number of thiophene rings is 1. The molecule has 2 aromatic carbocycles. The van der Waals surface area contributed by atoms with Crippen LogP contribution in [-0.4, -0.2) is 30.7 Å². The van der Waals surface area contributed by atoms with Gasteiger partial charge in [-0.25, -0.2) is 4.79 Å². The first kappa shape index (κ1) is 24.3. The number of amides is 1. The number of rotatable bonds is 9. The van der Waals surface area contributed by atoms with Crippen LogP contribution in [0.15, 0.2) is 54.6 Å². The van der Waals surface area contributed by atoms with Crippen LogP contribution in [0.1, 0.15) is 42.9 Å². The number of carbonyl (C=O) groups is 2.